The first-order valence-electron chi connectivity index (χ1n) is 7.57. The van der Waals surface area contributed by atoms with Gasteiger partial charge in [-0.15, -0.1) is 11.8 Å². The van der Waals surface area contributed by atoms with Crippen LogP contribution in [-0.2, 0) is 15.7 Å². The van der Waals surface area contributed by atoms with Crippen molar-refractivity contribution < 1.29 is 22.7 Å². The summed E-state index contributed by atoms with van der Waals surface area (Å²) in [5, 5.41) is 2.63. The fraction of sp³-hybridized carbons (Fsp3) is 0.562. The number of anilines is 1. The second-order valence-corrected chi connectivity index (χ2v) is 7.10. The minimum Gasteiger partial charge on any atom is -0.381 e. The van der Waals surface area contributed by atoms with Crippen molar-refractivity contribution in [2.75, 3.05) is 18.5 Å². The van der Waals surface area contributed by atoms with Gasteiger partial charge in [0.2, 0.25) is 5.91 Å². The molecular formula is C16H20F3NO2S. The van der Waals surface area contributed by atoms with Gasteiger partial charge in [0, 0.05) is 16.8 Å². The second-order valence-electron chi connectivity index (χ2n) is 5.59. The first-order chi connectivity index (χ1) is 10.8. The van der Waals surface area contributed by atoms with Gasteiger partial charge in [-0.05, 0) is 31.0 Å². The third-order valence-corrected chi connectivity index (χ3v) is 5.03. The van der Waals surface area contributed by atoms with E-state index < -0.39 is 17.6 Å². The molecule has 1 fully saturated rings. The van der Waals surface area contributed by atoms with Gasteiger partial charge in [-0.3, -0.25) is 4.79 Å². The van der Waals surface area contributed by atoms with Gasteiger partial charge in [0.1, 0.15) is 0 Å². The van der Waals surface area contributed by atoms with Crippen LogP contribution in [0.2, 0.25) is 0 Å². The third-order valence-electron chi connectivity index (χ3n) is 3.77. The van der Waals surface area contributed by atoms with E-state index in [1.54, 1.807) is 6.07 Å². The number of carbonyl (C=O) groups excluding carboxylic acids is 1. The maximum atomic E-state index is 13.3. The highest BCUT2D eigenvalue weighted by molar-refractivity contribution is 7.99. The Balaban J connectivity index is 2.22. The monoisotopic (exact) mass is 347 g/mol. The largest absolute Gasteiger partial charge is 0.418 e. The summed E-state index contributed by atoms with van der Waals surface area (Å²) in [5.41, 5.74) is -0.999. The standard InChI is InChI=1S/C16H20F3NO2S/c1-3-10(2)23-12-4-5-14(13(8-12)16(17,18)19)20-15(21)11-6-7-22-9-11/h4-5,8,10-11H,3,6-7,9H2,1-2H3,(H,20,21)/t10-,11-/m1/s1. The highest BCUT2D eigenvalue weighted by Gasteiger charge is 2.35. The van der Waals surface area contributed by atoms with Crippen LogP contribution in [0.3, 0.4) is 0 Å². The topological polar surface area (TPSA) is 38.3 Å². The Hall–Kier alpha value is -1.21. The molecule has 1 heterocycles. The van der Waals surface area contributed by atoms with Gasteiger partial charge < -0.3 is 10.1 Å². The average molecular weight is 347 g/mol. The van der Waals surface area contributed by atoms with Gasteiger partial charge in [0.15, 0.2) is 0 Å². The van der Waals surface area contributed by atoms with Crippen molar-refractivity contribution in [3.8, 4) is 0 Å². The summed E-state index contributed by atoms with van der Waals surface area (Å²) in [6, 6.07) is 4.06. The van der Waals surface area contributed by atoms with E-state index in [1.165, 1.54) is 17.8 Å². The first-order valence-corrected chi connectivity index (χ1v) is 8.45. The van der Waals surface area contributed by atoms with Crippen molar-refractivity contribution in [2.45, 2.75) is 43.0 Å². The lowest BCUT2D eigenvalue weighted by Crippen LogP contribution is -2.24. The van der Waals surface area contributed by atoms with Crippen molar-refractivity contribution in [2.24, 2.45) is 5.92 Å². The van der Waals surface area contributed by atoms with E-state index in [0.29, 0.717) is 17.9 Å². The molecule has 0 unspecified atom stereocenters. The number of carbonyl (C=O) groups is 1. The van der Waals surface area contributed by atoms with Crippen molar-refractivity contribution in [1.29, 1.82) is 0 Å². The molecule has 1 saturated heterocycles. The molecule has 1 aliphatic heterocycles. The molecule has 1 aromatic rings. The van der Waals surface area contributed by atoms with Crippen LogP contribution >= 0.6 is 11.8 Å². The normalized spacial score (nSPS) is 19.6. The van der Waals surface area contributed by atoms with Crippen molar-refractivity contribution >= 4 is 23.4 Å². The van der Waals surface area contributed by atoms with E-state index >= 15 is 0 Å². The number of amides is 1. The van der Waals surface area contributed by atoms with Gasteiger partial charge in [-0.25, -0.2) is 0 Å². The third kappa shape index (κ3) is 4.88. The summed E-state index contributed by atoms with van der Waals surface area (Å²) in [7, 11) is 0. The molecule has 128 valence electrons. The first kappa shape index (κ1) is 18.1. The summed E-state index contributed by atoms with van der Waals surface area (Å²) in [6.07, 6.45) is -3.11. The maximum Gasteiger partial charge on any atom is 0.418 e. The summed E-state index contributed by atoms with van der Waals surface area (Å²) in [4.78, 5) is 12.6. The Morgan fingerprint density at radius 2 is 2.22 bits per heavy atom. The molecule has 1 aromatic carbocycles. The van der Waals surface area contributed by atoms with Crippen molar-refractivity contribution in [3.05, 3.63) is 23.8 Å². The van der Waals surface area contributed by atoms with E-state index in [9.17, 15) is 18.0 Å². The highest BCUT2D eigenvalue weighted by Crippen LogP contribution is 2.38. The number of alkyl halides is 3. The number of halogens is 3. The van der Waals surface area contributed by atoms with Gasteiger partial charge in [-0.1, -0.05) is 13.8 Å². The molecule has 1 amide bonds. The molecule has 0 saturated carbocycles. The van der Waals surface area contributed by atoms with E-state index in [4.69, 9.17) is 4.74 Å². The van der Waals surface area contributed by atoms with Gasteiger partial charge in [-0.2, -0.15) is 13.2 Å². The van der Waals surface area contributed by atoms with Crippen LogP contribution in [-0.4, -0.2) is 24.4 Å². The molecule has 3 nitrogen and oxygen atoms in total. The molecule has 0 bridgehead atoms. The van der Waals surface area contributed by atoms with Gasteiger partial charge in [0.05, 0.1) is 23.8 Å². The Kier molecular flexibility index (Phi) is 5.97. The highest BCUT2D eigenvalue weighted by atomic mass is 32.2. The van der Waals surface area contributed by atoms with Crippen molar-refractivity contribution in [3.63, 3.8) is 0 Å². The number of rotatable bonds is 5. The summed E-state index contributed by atoms with van der Waals surface area (Å²) >= 11 is 1.39. The maximum absolute atomic E-state index is 13.3. The van der Waals surface area contributed by atoms with E-state index in [0.717, 1.165) is 12.5 Å². The predicted octanol–water partition coefficient (Wildman–Crippen LogP) is 4.57. The van der Waals surface area contributed by atoms with Crippen LogP contribution in [0.1, 0.15) is 32.3 Å². The van der Waals surface area contributed by atoms with Gasteiger partial charge in [0.25, 0.3) is 0 Å². The molecule has 7 heteroatoms. The number of ether oxygens (including phenoxy) is 1. The van der Waals surface area contributed by atoms with E-state index in [1.807, 2.05) is 13.8 Å². The van der Waals surface area contributed by atoms with E-state index in [2.05, 4.69) is 5.32 Å². The number of thioether (sulfide) groups is 1. The fourth-order valence-electron chi connectivity index (χ4n) is 2.23. The molecule has 0 aliphatic carbocycles. The second kappa shape index (κ2) is 7.57. The lowest BCUT2D eigenvalue weighted by atomic mass is 10.1. The minimum atomic E-state index is -4.51. The molecule has 2 rings (SSSR count). The van der Waals surface area contributed by atoms with Crippen molar-refractivity contribution in [1.82, 2.24) is 0 Å². The Morgan fingerprint density at radius 1 is 1.48 bits per heavy atom. The molecule has 2 atom stereocenters. The zero-order chi connectivity index (χ0) is 17.0. The summed E-state index contributed by atoms with van der Waals surface area (Å²) in [5.74, 6) is -0.805. The zero-order valence-electron chi connectivity index (χ0n) is 13.1. The fourth-order valence-corrected chi connectivity index (χ4v) is 3.20. The van der Waals surface area contributed by atoms with Crippen LogP contribution in [0.15, 0.2) is 23.1 Å². The predicted molar refractivity (Wildman–Crippen MR) is 84.6 cm³/mol. The summed E-state index contributed by atoms with van der Waals surface area (Å²) in [6.45, 7) is 4.68. The quantitative estimate of drug-likeness (QED) is 0.793. The number of nitrogens with one attached hydrogen (secondary N) is 1. The van der Waals surface area contributed by atoms with Crippen LogP contribution < -0.4 is 5.32 Å². The van der Waals surface area contributed by atoms with Crippen LogP contribution in [0.4, 0.5) is 18.9 Å². The molecule has 1 N–H and O–H groups in total. The molecule has 0 radical (unpaired) electrons. The molecular weight excluding hydrogens is 327 g/mol. The molecule has 0 aromatic heterocycles. The van der Waals surface area contributed by atoms with Crippen LogP contribution in [0, 0.1) is 5.92 Å². The summed E-state index contributed by atoms with van der Waals surface area (Å²) < 4.78 is 45.0. The Morgan fingerprint density at radius 3 is 2.78 bits per heavy atom. The lowest BCUT2D eigenvalue weighted by Gasteiger charge is -2.17. The van der Waals surface area contributed by atoms with Crippen LogP contribution in [0.5, 0.6) is 0 Å². The zero-order valence-corrected chi connectivity index (χ0v) is 13.9. The molecule has 1 aliphatic rings. The number of hydrogen-bond donors (Lipinski definition) is 1. The molecule has 23 heavy (non-hydrogen) atoms. The van der Waals surface area contributed by atoms with Gasteiger partial charge >= 0.3 is 6.18 Å². The van der Waals surface area contributed by atoms with E-state index in [-0.39, 0.29) is 23.5 Å². The van der Waals surface area contributed by atoms with Crippen LogP contribution in [0.25, 0.3) is 0 Å². The smallest absolute Gasteiger partial charge is 0.381 e. The minimum absolute atomic E-state index is 0.192. The SMILES string of the molecule is CC[C@@H](C)Sc1ccc(NC(=O)[C@@H]2CCOC2)c(C(F)(F)F)c1. The molecule has 0 spiro atoms. The number of benzene rings is 1. The Labute approximate surface area is 138 Å². The Bertz CT molecular complexity index is 557. The average Bonchev–Trinajstić information content (AvgIpc) is 3.02. The number of hydrogen-bond acceptors (Lipinski definition) is 3. The lowest BCUT2D eigenvalue weighted by molar-refractivity contribution is -0.137.